The number of likely N-dealkylation sites (tertiary alicyclic amines) is 1. The average molecular weight is 198 g/mol. The van der Waals surface area contributed by atoms with Gasteiger partial charge in [0, 0.05) is 19.4 Å². The van der Waals surface area contributed by atoms with E-state index >= 15 is 0 Å². The zero-order valence-corrected chi connectivity index (χ0v) is 7.73. The summed E-state index contributed by atoms with van der Waals surface area (Å²) in [5.41, 5.74) is 0. The van der Waals surface area contributed by atoms with Crippen LogP contribution in [-0.4, -0.2) is 40.8 Å². The molecule has 0 aliphatic carbocycles. The van der Waals surface area contributed by atoms with E-state index in [1.54, 1.807) is 6.29 Å². The molecule has 0 bridgehead atoms. The minimum absolute atomic E-state index is 0.0433. The number of hydrogen-bond acceptors (Lipinski definition) is 3. The van der Waals surface area contributed by atoms with Crippen molar-refractivity contribution in [3.8, 4) is 0 Å². The molecule has 1 heterocycles. The van der Waals surface area contributed by atoms with Crippen molar-refractivity contribution in [1.82, 2.24) is 4.90 Å². The lowest BCUT2D eigenvalue weighted by Crippen LogP contribution is -2.40. The smallest absolute Gasteiger partial charge is 0.326 e. The van der Waals surface area contributed by atoms with E-state index in [9.17, 15) is 14.4 Å². The van der Waals surface area contributed by atoms with Crippen LogP contribution in [0.5, 0.6) is 0 Å². The number of carbonyl (C=O) groups is 2. The monoisotopic (exact) mass is 198 g/mol. The number of carboxylic acid groups (broad SMARTS) is 1. The van der Waals surface area contributed by atoms with Crippen molar-refractivity contribution in [2.45, 2.75) is 31.7 Å². The van der Waals surface area contributed by atoms with Gasteiger partial charge in [0.25, 0.3) is 0 Å². The maximum absolute atomic E-state index is 11.4. The van der Waals surface area contributed by atoms with E-state index < -0.39 is 12.0 Å². The molecule has 5 nitrogen and oxygen atoms in total. The van der Waals surface area contributed by atoms with Gasteiger partial charge >= 0.3 is 5.97 Å². The second kappa shape index (κ2) is 4.74. The third-order valence-corrected chi connectivity index (χ3v) is 2.30. The Hall–Kier alpha value is -1.39. The van der Waals surface area contributed by atoms with E-state index in [-0.39, 0.29) is 18.7 Å². The summed E-state index contributed by atoms with van der Waals surface area (Å²) < 4.78 is 0. The first kappa shape index (κ1) is 10.7. The second-order valence-electron chi connectivity index (χ2n) is 3.23. The van der Waals surface area contributed by atoms with E-state index in [0.717, 1.165) is 0 Å². The standard InChI is InChI=1S/C9H12NO4/c11-6-2-4-8(12)10-5-1-3-7(10)9(13)14/h7H,1-5H2,(H,13,14)/t7-/m0/s1. The fraction of sp³-hybridized carbons (Fsp3) is 0.667. The Morgan fingerprint density at radius 1 is 1.50 bits per heavy atom. The van der Waals surface area contributed by atoms with Crippen LogP contribution in [0.15, 0.2) is 0 Å². The molecule has 5 heteroatoms. The number of carbonyl (C=O) groups excluding carboxylic acids is 2. The van der Waals surface area contributed by atoms with E-state index in [1.165, 1.54) is 4.90 Å². The zero-order chi connectivity index (χ0) is 10.6. The maximum Gasteiger partial charge on any atom is 0.326 e. The summed E-state index contributed by atoms with van der Waals surface area (Å²) in [6.45, 7) is 0.481. The van der Waals surface area contributed by atoms with Crippen molar-refractivity contribution in [2.24, 2.45) is 0 Å². The van der Waals surface area contributed by atoms with Crippen LogP contribution < -0.4 is 0 Å². The first-order valence-electron chi connectivity index (χ1n) is 4.54. The van der Waals surface area contributed by atoms with Crippen molar-refractivity contribution in [1.29, 1.82) is 0 Å². The molecule has 0 spiro atoms. The van der Waals surface area contributed by atoms with Gasteiger partial charge in [0.2, 0.25) is 5.91 Å². The summed E-state index contributed by atoms with van der Waals surface area (Å²) in [7, 11) is 0. The number of nitrogens with zero attached hydrogens (tertiary/aromatic N) is 1. The molecule has 1 atom stereocenters. The van der Waals surface area contributed by atoms with E-state index in [0.29, 0.717) is 19.4 Å². The van der Waals surface area contributed by atoms with E-state index in [1.807, 2.05) is 0 Å². The van der Waals surface area contributed by atoms with Crippen LogP contribution in [0.1, 0.15) is 25.7 Å². The van der Waals surface area contributed by atoms with Crippen LogP contribution in [0.2, 0.25) is 0 Å². The van der Waals surface area contributed by atoms with E-state index in [4.69, 9.17) is 5.11 Å². The highest BCUT2D eigenvalue weighted by Gasteiger charge is 2.33. The molecule has 77 valence electrons. The number of rotatable bonds is 4. The molecule has 1 N–H and O–H groups in total. The largest absolute Gasteiger partial charge is 0.480 e. The van der Waals surface area contributed by atoms with Gasteiger partial charge in [-0.05, 0) is 12.8 Å². The fourth-order valence-electron chi connectivity index (χ4n) is 1.62. The van der Waals surface area contributed by atoms with Gasteiger partial charge in [-0.15, -0.1) is 0 Å². The predicted octanol–water partition coefficient (Wildman–Crippen LogP) is -0.0481. The van der Waals surface area contributed by atoms with Crippen LogP contribution in [0.25, 0.3) is 0 Å². The van der Waals surface area contributed by atoms with Crippen molar-refractivity contribution >= 4 is 18.2 Å². The Bertz CT molecular complexity index is 251. The first-order valence-corrected chi connectivity index (χ1v) is 4.54. The maximum atomic E-state index is 11.4. The summed E-state index contributed by atoms with van der Waals surface area (Å²) in [4.78, 5) is 33.4. The van der Waals surface area contributed by atoms with Gasteiger partial charge in [-0.2, -0.15) is 0 Å². The van der Waals surface area contributed by atoms with Gasteiger partial charge in [-0.25, -0.2) is 4.79 Å². The highest BCUT2D eigenvalue weighted by Crippen LogP contribution is 2.18. The normalized spacial score (nSPS) is 20.9. The SMILES string of the molecule is O=[C]CCC(=O)N1CCC[C@H]1C(=O)O. The number of amides is 1. The number of aliphatic carboxylic acids is 1. The molecule has 1 rings (SSSR count). The minimum atomic E-state index is -0.967. The Balaban J connectivity index is 2.53. The van der Waals surface area contributed by atoms with Gasteiger partial charge in [-0.1, -0.05) is 0 Å². The number of hydrogen-bond donors (Lipinski definition) is 1. The summed E-state index contributed by atoms with van der Waals surface area (Å²) in [5.74, 6) is -1.23. The first-order chi connectivity index (χ1) is 6.66. The molecule has 0 saturated carbocycles. The highest BCUT2D eigenvalue weighted by atomic mass is 16.4. The topological polar surface area (TPSA) is 74.7 Å². The lowest BCUT2D eigenvalue weighted by molar-refractivity contribution is -0.148. The van der Waals surface area contributed by atoms with E-state index in [2.05, 4.69) is 0 Å². The molecule has 0 aromatic rings. The van der Waals surface area contributed by atoms with Gasteiger partial charge in [-0.3, -0.25) is 9.59 Å². The second-order valence-corrected chi connectivity index (χ2v) is 3.23. The van der Waals surface area contributed by atoms with Crippen molar-refractivity contribution in [3.63, 3.8) is 0 Å². The van der Waals surface area contributed by atoms with Crippen molar-refractivity contribution in [2.75, 3.05) is 6.54 Å². The summed E-state index contributed by atoms with van der Waals surface area (Å²) in [6, 6.07) is -0.700. The lowest BCUT2D eigenvalue weighted by atomic mass is 10.2. The van der Waals surface area contributed by atoms with Gasteiger partial charge in [0.05, 0.1) is 0 Å². The molecular weight excluding hydrogens is 186 g/mol. The third-order valence-electron chi connectivity index (χ3n) is 2.30. The fourth-order valence-corrected chi connectivity index (χ4v) is 1.62. The Labute approximate surface area is 81.7 Å². The van der Waals surface area contributed by atoms with Crippen LogP contribution in [0.3, 0.4) is 0 Å². The van der Waals surface area contributed by atoms with Crippen LogP contribution in [0.4, 0.5) is 0 Å². The Morgan fingerprint density at radius 3 is 2.79 bits per heavy atom. The minimum Gasteiger partial charge on any atom is -0.480 e. The molecule has 0 aromatic carbocycles. The molecule has 1 aliphatic rings. The Kier molecular flexibility index (Phi) is 3.62. The summed E-state index contributed by atoms with van der Waals surface area (Å²) in [5, 5.41) is 8.79. The highest BCUT2D eigenvalue weighted by molar-refractivity contribution is 5.85. The molecule has 1 radical (unpaired) electrons. The Morgan fingerprint density at radius 2 is 2.21 bits per heavy atom. The molecule has 0 unspecified atom stereocenters. The molecule has 1 aliphatic heterocycles. The van der Waals surface area contributed by atoms with Crippen molar-refractivity contribution in [3.05, 3.63) is 0 Å². The van der Waals surface area contributed by atoms with Gasteiger partial charge < -0.3 is 10.0 Å². The zero-order valence-electron chi connectivity index (χ0n) is 7.73. The van der Waals surface area contributed by atoms with Crippen LogP contribution in [-0.2, 0) is 14.4 Å². The predicted molar refractivity (Wildman–Crippen MR) is 47.3 cm³/mol. The molecule has 14 heavy (non-hydrogen) atoms. The van der Waals surface area contributed by atoms with Gasteiger partial charge in [0.1, 0.15) is 6.04 Å². The van der Waals surface area contributed by atoms with Crippen molar-refractivity contribution < 1.29 is 19.5 Å². The molecule has 1 fully saturated rings. The van der Waals surface area contributed by atoms with Crippen LogP contribution in [0, 0.1) is 0 Å². The quantitative estimate of drug-likeness (QED) is 0.687. The average Bonchev–Trinajstić information content (AvgIpc) is 2.62. The van der Waals surface area contributed by atoms with Gasteiger partial charge in [0.15, 0.2) is 6.29 Å². The molecular formula is C9H12NO4. The lowest BCUT2D eigenvalue weighted by Gasteiger charge is -2.20. The number of carboxylic acids is 1. The third kappa shape index (κ3) is 2.31. The molecule has 1 saturated heterocycles. The summed E-state index contributed by atoms with van der Waals surface area (Å²) >= 11 is 0. The summed E-state index contributed by atoms with van der Waals surface area (Å²) in [6.07, 6.45) is 2.95. The van der Waals surface area contributed by atoms with Crippen LogP contribution >= 0.6 is 0 Å². The molecule has 0 aromatic heterocycles. The molecule has 1 amide bonds.